The van der Waals surface area contributed by atoms with Crippen molar-refractivity contribution in [3.05, 3.63) is 0 Å². The summed E-state index contributed by atoms with van der Waals surface area (Å²) < 4.78 is 24.1. The van der Waals surface area contributed by atoms with Crippen LogP contribution < -0.4 is 5.90 Å². The summed E-state index contributed by atoms with van der Waals surface area (Å²) in [4.78, 5) is 14.2. The fraction of sp³-hybridized carbons (Fsp3) is 0.800. The van der Waals surface area contributed by atoms with Gasteiger partial charge in [-0.1, -0.05) is 0 Å². The second kappa shape index (κ2) is 2.16. The molecule has 1 fully saturated rings. The molecule has 0 saturated heterocycles. The third kappa shape index (κ3) is 1.23. The van der Waals surface area contributed by atoms with Crippen molar-refractivity contribution in [1.82, 2.24) is 0 Å². The van der Waals surface area contributed by atoms with Gasteiger partial charge < -0.3 is 4.84 Å². The molecule has 1 aliphatic rings. The Kier molecular flexibility index (Phi) is 1.60. The van der Waals surface area contributed by atoms with E-state index in [-0.39, 0.29) is 0 Å². The standard InChI is InChI=1S/C5H7F2NO2/c6-5(7)1-3(2-5)4(9)10-8/h3H,1-2,8H2. The van der Waals surface area contributed by atoms with Crippen molar-refractivity contribution in [2.45, 2.75) is 18.8 Å². The van der Waals surface area contributed by atoms with Crippen LogP contribution in [-0.4, -0.2) is 11.9 Å². The van der Waals surface area contributed by atoms with Crippen molar-refractivity contribution < 1.29 is 18.4 Å². The van der Waals surface area contributed by atoms with E-state index in [2.05, 4.69) is 10.7 Å². The zero-order chi connectivity index (χ0) is 7.78. The van der Waals surface area contributed by atoms with E-state index in [1.807, 2.05) is 0 Å². The van der Waals surface area contributed by atoms with Crippen LogP contribution in [0.5, 0.6) is 0 Å². The fourth-order valence-electron chi connectivity index (χ4n) is 0.924. The minimum Gasteiger partial charge on any atom is -0.373 e. The molecule has 0 aromatic heterocycles. The summed E-state index contributed by atoms with van der Waals surface area (Å²) in [5, 5.41) is 0. The zero-order valence-electron chi connectivity index (χ0n) is 5.14. The van der Waals surface area contributed by atoms with Crippen molar-refractivity contribution >= 4 is 5.97 Å². The monoisotopic (exact) mass is 151 g/mol. The molecule has 5 heteroatoms. The summed E-state index contributed by atoms with van der Waals surface area (Å²) >= 11 is 0. The largest absolute Gasteiger partial charge is 0.373 e. The molecule has 58 valence electrons. The van der Waals surface area contributed by atoms with Crippen molar-refractivity contribution in [1.29, 1.82) is 0 Å². The molecule has 0 unspecified atom stereocenters. The van der Waals surface area contributed by atoms with Crippen molar-refractivity contribution in [3.8, 4) is 0 Å². The Balaban J connectivity index is 2.33. The van der Waals surface area contributed by atoms with Crippen LogP contribution in [0.3, 0.4) is 0 Å². The Hall–Kier alpha value is -0.710. The van der Waals surface area contributed by atoms with E-state index >= 15 is 0 Å². The molecular weight excluding hydrogens is 144 g/mol. The molecule has 3 nitrogen and oxygen atoms in total. The Morgan fingerprint density at radius 3 is 2.40 bits per heavy atom. The number of nitrogens with two attached hydrogens (primary N) is 1. The highest BCUT2D eigenvalue weighted by Crippen LogP contribution is 2.42. The molecule has 0 bridgehead atoms. The van der Waals surface area contributed by atoms with Crippen LogP contribution >= 0.6 is 0 Å². The molecule has 2 N–H and O–H groups in total. The summed E-state index contributed by atoms with van der Waals surface area (Å²) in [7, 11) is 0. The molecule has 1 rings (SSSR count). The minimum absolute atomic E-state index is 0.428. The highest BCUT2D eigenvalue weighted by Gasteiger charge is 2.49. The first-order chi connectivity index (χ1) is 4.55. The SMILES string of the molecule is NOC(=O)C1CC(F)(F)C1. The van der Waals surface area contributed by atoms with Gasteiger partial charge in [-0.05, 0) is 0 Å². The molecule has 0 atom stereocenters. The first-order valence-electron chi connectivity index (χ1n) is 2.83. The van der Waals surface area contributed by atoms with Gasteiger partial charge in [-0.2, -0.15) is 5.90 Å². The second-order valence-electron chi connectivity index (χ2n) is 2.40. The van der Waals surface area contributed by atoms with E-state index in [1.54, 1.807) is 0 Å². The Morgan fingerprint density at radius 1 is 1.60 bits per heavy atom. The number of alkyl halides is 2. The normalized spacial score (nSPS) is 23.5. The average molecular weight is 151 g/mol. The van der Waals surface area contributed by atoms with Gasteiger partial charge in [-0.3, -0.25) is 4.79 Å². The number of hydrogen-bond acceptors (Lipinski definition) is 3. The summed E-state index contributed by atoms with van der Waals surface area (Å²) in [5.74, 6) is 0.356. The van der Waals surface area contributed by atoms with Crippen molar-refractivity contribution in [3.63, 3.8) is 0 Å². The summed E-state index contributed by atoms with van der Waals surface area (Å²) in [6.45, 7) is 0. The number of carbonyl (C=O) groups excluding carboxylic acids is 1. The van der Waals surface area contributed by atoms with E-state index < -0.39 is 30.7 Å². The molecular formula is C5H7F2NO2. The predicted molar refractivity (Wildman–Crippen MR) is 28.0 cm³/mol. The number of halogens is 2. The van der Waals surface area contributed by atoms with Crippen LogP contribution in [0.1, 0.15) is 12.8 Å². The summed E-state index contributed by atoms with van der Waals surface area (Å²) in [5.41, 5.74) is 0. The van der Waals surface area contributed by atoms with E-state index in [1.165, 1.54) is 0 Å². The lowest BCUT2D eigenvalue weighted by Crippen LogP contribution is -2.41. The third-order valence-corrected chi connectivity index (χ3v) is 1.54. The predicted octanol–water partition coefficient (Wildman–Crippen LogP) is 0.449. The number of hydrogen-bond donors (Lipinski definition) is 1. The lowest BCUT2D eigenvalue weighted by molar-refractivity contribution is -0.172. The van der Waals surface area contributed by atoms with Gasteiger partial charge in [0.2, 0.25) is 5.92 Å². The highest BCUT2D eigenvalue weighted by molar-refractivity contribution is 5.73. The summed E-state index contributed by atoms with van der Waals surface area (Å²) in [6.07, 6.45) is -0.855. The third-order valence-electron chi connectivity index (χ3n) is 1.54. The smallest absolute Gasteiger partial charge is 0.327 e. The van der Waals surface area contributed by atoms with Gasteiger partial charge in [-0.15, -0.1) is 0 Å². The fourth-order valence-corrected chi connectivity index (χ4v) is 0.924. The van der Waals surface area contributed by atoms with Gasteiger partial charge >= 0.3 is 5.97 Å². The van der Waals surface area contributed by atoms with Gasteiger partial charge in [0, 0.05) is 12.8 Å². The Morgan fingerprint density at radius 2 is 2.10 bits per heavy atom. The number of carbonyl (C=O) groups is 1. The van der Waals surface area contributed by atoms with Crippen LogP contribution in [0.2, 0.25) is 0 Å². The zero-order valence-corrected chi connectivity index (χ0v) is 5.14. The van der Waals surface area contributed by atoms with Gasteiger partial charge in [0.1, 0.15) is 0 Å². The van der Waals surface area contributed by atoms with Crippen LogP contribution in [0.4, 0.5) is 8.78 Å². The lowest BCUT2D eigenvalue weighted by atomic mass is 9.81. The first kappa shape index (κ1) is 7.40. The van der Waals surface area contributed by atoms with Crippen LogP contribution in [0.25, 0.3) is 0 Å². The van der Waals surface area contributed by atoms with Gasteiger partial charge in [0.05, 0.1) is 5.92 Å². The molecule has 0 amide bonds. The molecule has 0 radical (unpaired) electrons. The summed E-state index contributed by atoms with van der Waals surface area (Å²) in [6, 6.07) is 0. The molecule has 0 aromatic rings. The molecule has 1 aliphatic carbocycles. The highest BCUT2D eigenvalue weighted by atomic mass is 19.3. The molecule has 0 aromatic carbocycles. The molecule has 10 heavy (non-hydrogen) atoms. The van der Waals surface area contributed by atoms with E-state index in [0.717, 1.165) is 0 Å². The second-order valence-corrected chi connectivity index (χ2v) is 2.40. The maximum absolute atomic E-state index is 12.0. The molecule has 0 heterocycles. The Labute approximate surface area is 56.1 Å². The van der Waals surface area contributed by atoms with Gasteiger partial charge in [0.25, 0.3) is 0 Å². The first-order valence-corrected chi connectivity index (χ1v) is 2.83. The van der Waals surface area contributed by atoms with E-state index in [0.29, 0.717) is 0 Å². The minimum atomic E-state index is -2.68. The van der Waals surface area contributed by atoms with Crippen molar-refractivity contribution in [2.75, 3.05) is 0 Å². The van der Waals surface area contributed by atoms with Crippen LogP contribution in [-0.2, 0) is 9.63 Å². The van der Waals surface area contributed by atoms with Crippen LogP contribution in [0.15, 0.2) is 0 Å². The Bertz CT molecular complexity index is 152. The topological polar surface area (TPSA) is 52.3 Å². The maximum Gasteiger partial charge on any atom is 0.327 e. The van der Waals surface area contributed by atoms with E-state index in [4.69, 9.17) is 0 Å². The maximum atomic E-state index is 12.0. The molecule has 0 aliphatic heterocycles. The molecule has 1 saturated carbocycles. The average Bonchev–Trinajstić information content (AvgIpc) is 1.81. The van der Waals surface area contributed by atoms with Gasteiger partial charge in [0.15, 0.2) is 0 Å². The lowest BCUT2D eigenvalue weighted by Gasteiger charge is -2.32. The van der Waals surface area contributed by atoms with E-state index in [9.17, 15) is 13.6 Å². The quantitative estimate of drug-likeness (QED) is 0.553. The van der Waals surface area contributed by atoms with Crippen LogP contribution in [0, 0.1) is 5.92 Å². The van der Waals surface area contributed by atoms with Crippen molar-refractivity contribution in [2.24, 2.45) is 11.8 Å². The number of rotatable bonds is 1. The van der Waals surface area contributed by atoms with Gasteiger partial charge in [-0.25, -0.2) is 8.78 Å². The molecule has 0 spiro atoms.